The van der Waals surface area contributed by atoms with Crippen LogP contribution in [-0.4, -0.2) is 18.7 Å². The predicted molar refractivity (Wildman–Crippen MR) is 108 cm³/mol. The number of amides is 1. The summed E-state index contributed by atoms with van der Waals surface area (Å²) in [5.74, 6) is 0.0904. The van der Waals surface area contributed by atoms with E-state index < -0.39 is 0 Å². The van der Waals surface area contributed by atoms with Gasteiger partial charge in [-0.3, -0.25) is 0 Å². The lowest BCUT2D eigenvalue weighted by Crippen LogP contribution is -2.35. The lowest BCUT2D eigenvalue weighted by Gasteiger charge is -2.17. The monoisotopic (exact) mass is 357 g/mol. The molecule has 0 bridgehead atoms. The van der Waals surface area contributed by atoms with Gasteiger partial charge >= 0.3 is 6.09 Å². The van der Waals surface area contributed by atoms with Crippen molar-refractivity contribution >= 4 is 6.09 Å². The second kappa shape index (κ2) is 7.67. The van der Waals surface area contributed by atoms with Crippen molar-refractivity contribution in [3.63, 3.8) is 0 Å². The first-order valence-electron chi connectivity index (χ1n) is 9.38. The lowest BCUT2D eigenvalue weighted by molar-refractivity contribution is 0.139. The van der Waals surface area contributed by atoms with Gasteiger partial charge in [0.2, 0.25) is 0 Å². The standard InChI is InChI=1S/C24H23NO2/c1-17(15-18-9-3-2-4-10-18)25-24(26)27-16-23-21-13-7-5-11-19(21)20-12-6-8-14-22(20)23/h2-14,17,23H,15-16H2,1H3,(H,25,26)/t17-/m0/s1. The molecule has 0 fully saturated rings. The van der Waals surface area contributed by atoms with E-state index in [1.165, 1.54) is 27.8 Å². The van der Waals surface area contributed by atoms with Gasteiger partial charge < -0.3 is 10.1 Å². The Balaban J connectivity index is 1.39. The summed E-state index contributed by atoms with van der Waals surface area (Å²) >= 11 is 0. The Bertz CT molecular complexity index is 890. The number of rotatable bonds is 5. The van der Waals surface area contributed by atoms with Gasteiger partial charge in [0.05, 0.1) is 0 Å². The molecule has 1 amide bonds. The summed E-state index contributed by atoms with van der Waals surface area (Å²) in [4.78, 5) is 12.3. The summed E-state index contributed by atoms with van der Waals surface area (Å²) in [5, 5.41) is 2.94. The van der Waals surface area contributed by atoms with Gasteiger partial charge in [0.25, 0.3) is 0 Å². The van der Waals surface area contributed by atoms with E-state index in [0.717, 1.165) is 6.42 Å². The van der Waals surface area contributed by atoms with E-state index in [0.29, 0.717) is 6.61 Å². The molecule has 0 unspecified atom stereocenters. The van der Waals surface area contributed by atoms with Gasteiger partial charge in [0.15, 0.2) is 0 Å². The molecule has 0 aromatic heterocycles. The topological polar surface area (TPSA) is 38.3 Å². The molecule has 3 heteroatoms. The summed E-state index contributed by atoms with van der Waals surface area (Å²) in [6.07, 6.45) is 0.422. The van der Waals surface area contributed by atoms with Crippen molar-refractivity contribution in [1.82, 2.24) is 5.32 Å². The number of fused-ring (bicyclic) bond motifs is 3. The highest BCUT2D eigenvalue weighted by Crippen LogP contribution is 2.44. The average molecular weight is 357 g/mol. The zero-order valence-electron chi connectivity index (χ0n) is 15.4. The van der Waals surface area contributed by atoms with Crippen LogP contribution in [0.5, 0.6) is 0 Å². The SMILES string of the molecule is C[C@@H](Cc1ccccc1)NC(=O)OCC1c2ccccc2-c2ccccc21. The molecule has 0 saturated heterocycles. The molecule has 1 N–H and O–H groups in total. The number of hydrogen-bond acceptors (Lipinski definition) is 2. The third-order valence-electron chi connectivity index (χ3n) is 5.09. The molecule has 0 heterocycles. The third kappa shape index (κ3) is 3.72. The minimum atomic E-state index is -0.361. The summed E-state index contributed by atoms with van der Waals surface area (Å²) in [6.45, 7) is 2.34. The number of carbonyl (C=O) groups excluding carboxylic acids is 1. The Morgan fingerprint density at radius 1 is 0.889 bits per heavy atom. The van der Waals surface area contributed by atoms with Gasteiger partial charge in [-0.05, 0) is 41.2 Å². The van der Waals surface area contributed by atoms with Gasteiger partial charge in [0.1, 0.15) is 6.61 Å². The second-order valence-corrected chi connectivity index (χ2v) is 7.06. The number of hydrogen-bond donors (Lipinski definition) is 1. The smallest absolute Gasteiger partial charge is 0.407 e. The van der Waals surface area contributed by atoms with Gasteiger partial charge in [-0.15, -0.1) is 0 Å². The highest BCUT2D eigenvalue weighted by atomic mass is 16.5. The van der Waals surface area contributed by atoms with E-state index in [-0.39, 0.29) is 18.1 Å². The number of carbonyl (C=O) groups is 1. The molecule has 27 heavy (non-hydrogen) atoms. The number of alkyl carbamates (subject to hydrolysis) is 1. The van der Waals surface area contributed by atoms with Crippen molar-refractivity contribution in [3.8, 4) is 11.1 Å². The highest BCUT2D eigenvalue weighted by Gasteiger charge is 2.29. The zero-order chi connectivity index (χ0) is 18.6. The van der Waals surface area contributed by atoms with Crippen LogP contribution in [0.4, 0.5) is 4.79 Å². The highest BCUT2D eigenvalue weighted by molar-refractivity contribution is 5.79. The van der Waals surface area contributed by atoms with Crippen LogP contribution >= 0.6 is 0 Å². The largest absolute Gasteiger partial charge is 0.449 e. The molecule has 1 aliphatic rings. The summed E-state index contributed by atoms with van der Waals surface area (Å²) in [7, 11) is 0. The van der Waals surface area contributed by atoms with Crippen LogP contribution in [0.3, 0.4) is 0 Å². The first kappa shape index (κ1) is 17.3. The maximum Gasteiger partial charge on any atom is 0.407 e. The number of nitrogens with one attached hydrogen (secondary N) is 1. The van der Waals surface area contributed by atoms with Crippen LogP contribution in [0, 0.1) is 0 Å². The second-order valence-electron chi connectivity index (χ2n) is 7.06. The maximum atomic E-state index is 12.3. The zero-order valence-corrected chi connectivity index (χ0v) is 15.4. The van der Waals surface area contributed by atoms with Crippen LogP contribution in [0.1, 0.15) is 29.5 Å². The molecule has 0 aliphatic heterocycles. The summed E-state index contributed by atoms with van der Waals surface area (Å²) < 4.78 is 5.60. The predicted octanol–water partition coefficient (Wildman–Crippen LogP) is 5.16. The van der Waals surface area contributed by atoms with Crippen LogP contribution in [0.25, 0.3) is 11.1 Å². The minimum absolute atomic E-state index is 0.0167. The molecule has 0 spiro atoms. The Kier molecular flexibility index (Phi) is 4.93. The van der Waals surface area contributed by atoms with Crippen molar-refractivity contribution in [1.29, 1.82) is 0 Å². The van der Waals surface area contributed by atoms with Crippen molar-refractivity contribution in [3.05, 3.63) is 95.6 Å². The molecule has 136 valence electrons. The molecular formula is C24H23NO2. The van der Waals surface area contributed by atoms with Crippen molar-refractivity contribution in [2.75, 3.05) is 6.61 Å². The molecule has 0 saturated carbocycles. The van der Waals surface area contributed by atoms with Crippen LogP contribution in [-0.2, 0) is 11.2 Å². The Morgan fingerprint density at radius 2 is 1.44 bits per heavy atom. The number of benzene rings is 3. The van der Waals surface area contributed by atoms with Crippen LogP contribution in [0.15, 0.2) is 78.9 Å². The van der Waals surface area contributed by atoms with Gasteiger partial charge in [-0.25, -0.2) is 4.79 Å². The van der Waals surface area contributed by atoms with E-state index >= 15 is 0 Å². The summed E-state index contributed by atoms with van der Waals surface area (Å²) in [6, 6.07) is 26.9. The van der Waals surface area contributed by atoms with Gasteiger partial charge in [-0.1, -0.05) is 78.9 Å². The molecule has 0 radical (unpaired) electrons. The van der Waals surface area contributed by atoms with Crippen molar-refractivity contribution in [2.24, 2.45) is 0 Å². The van der Waals surface area contributed by atoms with E-state index in [1.54, 1.807) is 0 Å². The fraction of sp³-hybridized carbons (Fsp3) is 0.208. The third-order valence-corrected chi connectivity index (χ3v) is 5.09. The van der Waals surface area contributed by atoms with Crippen LogP contribution < -0.4 is 5.32 Å². The Morgan fingerprint density at radius 3 is 2.07 bits per heavy atom. The maximum absolute atomic E-state index is 12.3. The average Bonchev–Trinajstić information content (AvgIpc) is 3.01. The molecule has 3 aromatic carbocycles. The minimum Gasteiger partial charge on any atom is -0.449 e. The van der Waals surface area contributed by atoms with Gasteiger partial charge in [-0.2, -0.15) is 0 Å². The van der Waals surface area contributed by atoms with E-state index in [9.17, 15) is 4.79 Å². The Labute approximate surface area is 160 Å². The van der Waals surface area contributed by atoms with E-state index in [1.807, 2.05) is 37.3 Å². The first-order chi connectivity index (χ1) is 13.2. The quantitative estimate of drug-likeness (QED) is 0.685. The molecule has 1 atom stereocenters. The van der Waals surface area contributed by atoms with Crippen molar-refractivity contribution in [2.45, 2.75) is 25.3 Å². The lowest BCUT2D eigenvalue weighted by atomic mass is 9.98. The van der Waals surface area contributed by atoms with Gasteiger partial charge in [0, 0.05) is 12.0 Å². The van der Waals surface area contributed by atoms with Crippen molar-refractivity contribution < 1.29 is 9.53 Å². The van der Waals surface area contributed by atoms with E-state index in [4.69, 9.17) is 4.74 Å². The number of ether oxygens (including phenoxy) is 1. The molecule has 4 rings (SSSR count). The first-order valence-corrected chi connectivity index (χ1v) is 9.38. The van der Waals surface area contributed by atoms with E-state index in [2.05, 4.69) is 53.8 Å². The molecule has 3 aromatic rings. The molecule has 1 aliphatic carbocycles. The fourth-order valence-electron chi connectivity index (χ4n) is 3.86. The Hall–Kier alpha value is -3.07. The normalized spacial score (nSPS) is 13.5. The van der Waals surface area contributed by atoms with Crippen LogP contribution in [0.2, 0.25) is 0 Å². The summed E-state index contributed by atoms with van der Waals surface area (Å²) in [5.41, 5.74) is 6.12. The fourth-order valence-corrected chi connectivity index (χ4v) is 3.86. The molecule has 3 nitrogen and oxygen atoms in total. The molecular weight excluding hydrogens is 334 g/mol.